The van der Waals surface area contributed by atoms with Crippen LogP contribution in [0, 0.1) is 41.5 Å². The maximum Gasteiger partial charge on any atom is 0.0520 e. The number of aryl methyl sites for hydroxylation is 6. The molecule has 0 aliphatic heterocycles. The largest absolute Gasteiger partial charge is 0.310 e. The molecule has 6 aromatic rings. The predicted octanol–water partition coefficient (Wildman–Crippen LogP) is 12.0. The van der Waals surface area contributed by atoms with E-state index in [1.807, 2.05) is 0 Å². The second-order valence-corrected chi connectivity index (χ2v) is 12.7. The van der Waals surface area contributed by atoms with Crippen molar-refractivity contribution in [3.63, 3.8) is 0 Å². The van der Waals surface area contributed by atoms with Crippen molar-refractivity contribution in [3.05, 3.63) is 166 Å². The summed E-state index contributed by atoms with van der Waals surface area (Å²) in [6, 6.07) is 44.7. The van der Waals surface area contributed by atoms with Gasteiger partial charge in [-0.1, -0.05) is 83.9 Å². The fourth-order valence-electron chi connectivity index (χ4n) is 7.48. The molecule has 222 valence electrons. The fourth-order valence-corrected chi connectivity index (χ4v) is 7.48. The second-order valence-electron chi connectivity index (χ2n) is 12.7. The standard InChI is InChI=1S/C43H40N2/c1-28-21-30(3)42(31(4)22-28)44(36-13-9-7-10-14-36)38-17-19-40-34(26-38)25-35-27-39(18-20-41(35)40)45(37-15-11-8-12-16-37)43-32(5)23-29(2)24-33(43)6/h7-24,26-27H,25H2,1-6H3. The first-order chi connectivity index (χ1) is 21.8. The zero-order chi connectivity index (χ0) is 31.2. The van der Waals surface area contributed by atoms with Crippen molar-refractivity contribution in [3.8, 4) is 11.1 Å². The number of hydrogen-bond acceptors (Lipinski definition) is 2. The topological polar surface area (TPSA) is 6.48 Å². The van der Waals surface area contributed by atoms with Gasteiger partial charge >= 0.3 is 0 Å². The van der Waals surface area contributed by atoms with Crippen LogP contribution in [0.25, 0.3) is 11.1 Å². The van der Waals surface area contributed by atoms with E-state index in [1.54, 1.807) is 0 Å². The summed E-state index contributed by atoms with van der Waals surface area (Å²) in [5.41, 5.74) is 20.4. The average Bonchev–Trinajstić information content (AvgIpc) is 3.38. The number of rotatable bonds is 6. The van der Waals surface area contributed by atoms with Crippen molar-refractivity contribution in [2.24, 2.45) is 0 Å². The average molecular weight is 585 g/mol. The van der Waals surface area contributed by atoms with E-state index < -0.39 is 0 Å². The molecule has 0 N–H and O–H groups in total. The van der Waals surface area contributed by atoms with Crippen LogP contribution in [-0.2, 0) is 6.42 Å². The number of hydrogen-bond donors (Lipinski definition) is 0. The van der Waals surface area contributed by atoms with Crippen LogP contribution < -0.4 is 9.80 Å². The molecule has 0 spiro atoms. The Morgan fingerprint density at radius 2 is 0.733 bits per heavy atom. The van der Waals surface area contributed by atoms with Crippen LogP contribution in [0.2, 0.25) is 0 Å². The molecule has 0 bridgehead atoms. The molecule has 0 heterocycles. The van der Waals surface area contributed by atoms with Crippen LogP contribution in [-0.4, -0.2) is 0 Å². The van der Waals surface area contributed by atoms with Crippen LogP contribution >= 0.6 is 0 Å². The van der Waals surface area contributed by atoms with Crippen molar-refractivity contribution >= 4 is 34.1 Å². The molecular formula is C43H40N2. The summed E-state index contributed by atoms with van der Waals surface area (Å²) in [6.07, 6.45) is 0.912. The minimum atomic E-state index is 0.912. The number of fused-ring (bicyclic) bond motifs is 3. The summed E-state index contributed by atoms with van der Waals surface area (Å²) in [6.45, 7) is 13.3. The number of anilines is 6. The van der Waals surface area contributed by atoms with Crippen LogP contribution in [0.4, 0.5) is 34.1 Å². The Morgan fingerprint density at radius 1 is 0.378 bits per heavy atom. The van der Waals surface area contributed by atoms with Crippen molar-refractivity contribution in [2.45, 2.75) is 48.0 Å². The molecule has 0 fully saturated rings. The third kappa shape index (κ3) is 5.21. The lowest BCUT2D eigenvalue weighted by Crippen LogP contribution is -2.13. The van der Waals surface area contributed by atoms with Gasteiger partial charge in [0.2, 0.25) is 0 Å². The lowest BCUT2D eigenvalue weighted by molar-refractivity contribution is 1.18. The van der Waals surface area contributed by atoms with E-state index in [-0.39, 0.29) is 0 Å². The van der Waals surface area contributed by atoms with Gasteiger partial charge in [0.25, 0.3) is 0 Å². The summed E-state index contributed by atoms with van der Waals surface area (Å²) >= 11 is 0. The normalized spacial score (nSPS) is 11.7. The summed E-state index contributed by atoms with van der Waals surface area (Å²) in [4.78, 5) is 4.86. The lowest BCUT2D eigenvalue weighted by Gasteiger charge is -2.29. The molecule has 2 heteroatoms. The van der Waals surface area contributed by atoms with E-state index in [2.05, 4.69) is 173 Å². The third-order valence-electron chi connectivity index (χ3n) is 9.11. The van der Waals surface area contributed by atoms with Crippen molar-refractivity contribution in [2.75, 3.05) is 9.80 Å². The summed E-state index contributed by atoms with van der Waals surface area (Å²) in [5.74, 6) is 0. The summed E-state index contributed by atoms with van der Waals surface area (Å²) in [7, 11) is 0. The van der Waals surface area contributed by atoms with Gasteiger partial charge < -0.3 is 9.80 Å². The van der Waals surface area contributed by atoms with E-state index in [0.717, 1.165) is 6.42 Å². The van der Waals surface area contributed by atoms with Gasteiger partial charge in [0.15, 0.2) is 0 Å². The van der Waals surface area contributed by atoms with Crippen LogP contribution in [0.5, 0.6) is 0 Å². The SMILES string of the molecule is Cc1cc(C)c(N(c2ccccc2)c2ccc3c(c2)Cc2cc(N(c4ccccc4)c4c(C)cc(C)cc4C)ccc2-3)c(C)c1. The maximum atomic E-state index is 2.43. The molecule has 1 aliphatic rings. The first-order valence-corrected chi connectivity index (χ1v) is 15.9. The van der Waals surface area contributed by atoms with E-state index in [0.29, 0.717) is 0 Å². The minimum Gasteiger partial charge on any atom is -0.310 e. The molecular weight excluding hydrogens is 544 g/mol. The first-order valence-electron chi connectivity index (χ1n) is 15.9. The number of para-hydroxylation sites is 2. The highest BCUT2D eigenvalue weighted by atomic mass is 15.2. The van der Waals surface area contributed by atoms with Gasteiger partial charge in [0.1, 0.15) is 0 Å². The Labute approximate surface area is 268 Å². The number of nitrogens with zero attached hydrogens (tertiary/aromatic N) is 2. The molecule has 7 rings (SSSR count). The van der Waals surface area contributed by atoms with Crippen LogP contribution in [0.3, 0.4) is 0 Å². The Bertz CT molecular complexity index is 1840. The van der Waals surface area contributed by atoms with Crippen molar-refractivity contribution in [1.29, 1.82) is 0 Å². The van der Waals surface area contributed by atoms with E-state index in [9.17, 15) is 0 Å². The Kier molecular flexibility index (Phi) is 7.30. The Balaban J connectivity index is 1.31. The fraction of sp³-hybridized carbons (Fsp3) is 0.163. The molecule has 0 saturated heterocycles. The molecule has 0 atom stereocenters. The highest BCUT2D eigenvalue weighted by Crippen LogP contribution is 2.46. The predicted molar refractivity (Wildman–Crippen MR) is 192 cm³/mol. The Hall–Kier alpha value is -5.08. The van der Waals surface area contributed by atoms with Gasteiger partial charge in [-0.2, -0.15) is 0 Å². The third-order valence-corrected chi connectivity index (χ3v) is 9.11. The summed E-state index contributed by atoms with van der Waals surface area (Å²) < 4.78 is 0. The molecule has 6 aromatic carbocycles. The first kappa shape index (κ1) is 28.7. The smallest absolute Gasteiger partial charge is 0.0520 e. The zero-order valence-electron chi connectivity index (χ0n) is 27.1. The van der Waals surface area contributed by atoms with Gasteiger partial charge in [0, 0.05) is 22.7 Å². The highest BCUT2D eigenvalue weighted by molar-refractivity contribution is 5.87. The molecule has 0 saturated carbocycles. The van der Waals surface area contributed by atoms with Crippen LogP contribution in [0.15, 0.2) is 121 Å². The van der Waals surface area contributed by atoms with Crippen molar-refractivity contribution < 1.29 is 0 Å². The molecule has 45 heavy (non-hydrogen) atoms. The second kappa shape index (κ2) is 11.4. The lowest BCUT2D eigenvalue weighted by atomic mass is 10.0. The maximum absolute atomic E-state index is 2.43. The van der Waals surface area contributed by atoms with E-state index >= 15 is 0 Å². The van der Waals surface area contributed by atoms with Crippen molar-refractivity contribution in [1.82, 2.24) is 0 Å². The van der Waals surface area contributed by atoms with Gasteiger partial charge in [0.05, 0.1) is 11.4 Å². The minimum absolute atomic E-state index is 0.912. The monoisotopic (exact) mass is 584 g/mol. The van der Waals surface area contributed by atoms with E-state index in [1.165, 1.54) is 89.8 Å². The van der Waals surface area contributed by atoms with E-state index in [4.69, 9.17) is 0 Å². The molecule has 2 nitrogen and oxygen atoms in total. The summed E-state index contributed by atoms with van der Waals surface area (Å²) in [5, 5.41) is 0. The quantitative estimate of drug-likeness (QED) is 0.192. The van der Waals surface area contributed by atoms with Gasteiger partial charge in [-0.05, 0) is 141 Å². The van der Waals surface area contributed by atoms with Gasteiger partial charge in [-0.25, -0.2) is 0 Å². The molecule has 0 amide bonds. The molecule has 0 unspecified atom stereocenters. The molecule has 0 radical (unpaired) electrons. The molecule has 1 aliphatic carbocycles. The Morgan fingerprint density at radius 3 is 1.09 bits per heavy atom. The van der Waals surface area contributed by atoms with Crippen LogP contribution in [0.1, 0.15) is 44.5 Å². The highest BCUT2D eigenvalue weighted by Gasteiger charge is 2.25. The van der Waals surface area contributed by atoms with Gasteiger partial charge in [-0.3, -0.25) is 0 Å². The van der Waals surface area contributed by atoms with Gasteiger partial charge in [-0.15, -0.1) is 0 Å². The number of benzene rings is 6. The molecule has 0 aromatic heterocycles. The zero-order valence-corrected chi connectivity index (χ0v) is 27.1.